The topological polar surface area (TPSA) is 47.7 Å². The first-order valence-corrected chi connectivity index (χ1v) is 9.00. The lowest BCUT2D eigenvalue weighted by molar-refractivity contribution is 0.228. The van der Waals surface area contributed by atoms with E-state index in [0.717, 1.165) is 42.5 Å². The molecule has 1 aromatic carbocycles. The van der Waals surface area contributed by atoms with E-state index in [1.165, 1.54) is 17.5 Å². The fraction of sp³-hybridized carbons (Fsp3) is 0.550. The quantitative estimate of drug-likeness (QED) is 0.776. The third-order valence-electron chi connectivity index (χ3n) is 4.76. The van der Waals surface area contributed by atoms with Crippen molar-refractivity contribution in [1.29, 1.82) is 0 Å². The molecule has 2 aromatic rings. The van der Waals surface area contributed by atoms with Gasteiger partial charge in [-0.05, 0) is 64.8 Å². The lowest BCUT2D eigenvalue weighted by atomic mass is 10.0. The molecule has 5 nitrogen and oxygen atoms in total. The van der Waals surface area contributed by atoms with E-state index in [1.54, 1.807) is 7.11 Å². The van der Waals surface area contributed by atoms with Crippen molar-refractivity contribution < 1.29 is 14.0 Å². The van der Waals surface area contributed by atoms with Crippen LogP contribution in [0.15, 0.2) is 22.7 Å². The summed E-state index contributed by atoms with van der Waals surface area (Å²) in [6, 6.07) is 6.60. The van der Waals surface area contributed by atoms with Gasteiger partial charge in [-0.2, -0.15) is 0 Å². The fourth-order valence-electron chi connectivity index (χ4n) is 3.70. The minimum Gasteiger partial charge on any atom is -0.493 e. The molecule has 136 valence electrons. The zero-order chi connectivity index (χ0) is 18.0. The molecule has 0 N–H and O–H groups in total. The molecule has 1 aromatic heterocycles. The van der Waals surface area contributed by atoms with Gasteiger partial charge < -0.3 is 14.0 Å². The number of ether oxygens (including phenoxy) is 2. The Morgan fingerprint density at radius 1 is 1.28 bits per heavy atom. The van der Waals surface area contributed by atoms with Gasteiger partial charge >= 0.3 is 0 Å². The van der Waals surface area contributed by atoms with Crippen LogP contribution in [0.5, 0.6) is 11.5 Å². The number of aromatic nitrogens is 1. The number of benzene rings is 1. The van der Waals surface area contributed by atoms with Crippen LogP contribution in [0.3, 0.4) is 0 Å². The number of nitrogens with zero attached hydrogens (tertiary/aromatic N) is 2. The monoisotopic (exact) mass is 344 g/mol. The molecular formula is C20H28N2O3. The molecule has 1 saturated heterocycles. The van der Waals surface area contributed by atoms with E-state index < -0.39 is 0 Å². The van der Waals surface area contributed by atoms with Gasteiger partial charge in [-0.15, -0.1) is 0 Å². The van der Waals surface area contributed by atoms with E-state index >= 15 is 0 Å². The highest BCUT2D eigenvalue weighted by atomic mass is 16.5. The average molecular weight is 344 g/mol. The third kappa shape index (κ3) is 3.82. The number of methoxy groups -OCH3 is 1. The minimum atomic E-state index is 0.127. The second-order valence-corrected chi connectivity index (χ2v) is 7.02. The number of rotatable bonds is 6. The minimum absolute atomic E-state index is 0.127. The van der Waals surface area contributed by atoms with Crippen LogP contribution in [0.1, 0.15) is 55.3 Å². The smallest absolute Gasteiger partial charge is 0.161 e. The van der Waals surface area contributed by atoms with Gasteiger partial charge in [0.25, 0.3) is 0 Å². The van der Waals surface area contributed by atoms with Crippen LogP contribution in [-0.4, -0.2) is 29.8 Å². The molecule has 5 heteroatoms. The van der Waals surface area contributed by atoms with E-state index in [2.05, 4.69) is 22.2 Å². The predicted molar refractivity (Wildman–Crippen MR) is 97.1 cm³/mol. The molecule has 1 aliphatic rings. The van der Waals surface area contributed by atoms with Crippen LogP contribution in [0, 0.1) is 13.8 Å². The summed E-state index contributed by atoms with van der Waals surface area (Å²) in [4.78, 5) is 2.50. The highest BCUT2D eigenvalue weighted by Gasteiger charge is 2.30. The third-order valence-corrected chi connectivity index (χ3v) is 4.76. The lowest BCUT2D eigenvalue weighted by Crippen LogP contribution is -2.23. The van der Waals surface area contributed by atoms with Crippen molar-refractivity contribution in [3.63, 3.8) is 0 Å². The number of likely N-dealkylation sites (tertiary alicyclic amines) is 1. The summed E-state index contributed by atoms with van der Waals surface area (Å²) >= 11 is 0. The molecule has 0 radical (unpaired) electrons. The Morgan fingerprint density at radius 2 is 2.08 bits per heavy atom. The summed E-state index contributed by atoms with van der Waals surface area (Å²) < 4.78 is 16.7. The highest BCUT2D eigenvalue weighted by Crippen LogP contribution is 2.37. The summed E-state index contributed by atoms with van der Waals surface area (Å²) in [6.07, 6.45) is 2.47. The molecule has 0 aliphatic carbocycles. The molecule has 1 atom stereocenters. The van der Waals surface area contributed by atoms with Crippen molar-refractivity contribution >= 4 is 0 Å². The zero-order valence-electron chi connectivity index (χ0n) is 15.8. The summed E-state index contributed by atoms with van der Waals surface area (Å²) in [7, 11) is 1.69. The summed E-state index contributed by atoms with van der Waals surface area (Å²) in [5.74, 6) is 2.52. The Morgan fingerprint density at radius 3 is 2.72 bits per heavy atom. The first-order valence-electron chi connectivity index (χ1n) is 9.00. The average Bonchev–Trinajstić information content (AvgIpc) is 3.14. The first-order chi connectivity index (χ1) is 12.0. The molecule has 0 spiro atoms. The van der Waals surface area contributed by atoms with E-state index in [1.807, 2.05) is 33.8 Å². The largest absolute Gasteiger partial charge is 0.493 e. The van der Waals surface area contributed by atoms with Crippen LogP contribution in [0.4, 0.5) is 0 Å². The van der Waals surface area contributed by atoms with Gasteiger partial charge in [-0.3, -0.25) is 4.90 Å². The Kier molecular flexibility index (Phi) is 5.33. The second-order valence-electron chi connectivity index (χ2n) is 7.02. The maximum atomic E-state index is 5.81. The van der Waals surface area contributed by atoms with Gasteiger partial charge in [-0.25, -0.2) is 0 Å². The van der Waals surface area contributed by atoms with Gasteiger partial charge in [0.15, 0.2) is 11.5 Å². The SMILES string of the molecule is COc1cc(CN2CCC[C@@H]2c2c(C)noc2C)ccc1OC(C)C. The van der Waals surface area contributed by atoms with Crippen LogP contribution in [-0.2, 0) is 6.54 Å². The van der Waals surface area contributed by atoms with Crippen molar-refractivity contribution in [3.8, 4) is 11.5 Å². The van der Waals surface area contributed by atoms with Crippen LogP contribution < -0.4 is 9.47 Å². The van der Waals surface area contributed by atoms with E-state index in [9.17, 15) is 0 Å². The summed E-state index contributed by atoms with van der Waals surface area (Å²) in [6.45, 7) is 10.0. The molecule has 1 aliphatic heterocycles. The number of hydrogen-bond acceptors (Lipinski definition) is 5. The highest BCUT2D eigenvalue weighted by molar-refractivity contribution is 5.43. The maximum Gasteiger partial charge on any atom is 0.161 e. The van der Waals surface area contributed by atoms with Gasteiger partial charge in [0.2, 0.25) is 0 Å². The maximum absolute atomic E-state index is 5.81. The summed E-state index contributed by atoms with van der Waals surface area (Å²) in [5.41, 5.74) is 3.49. The molecular weight excluding hydrogens is 316 g/mol. The molecule has 0 saturated carbocycles. The summed E-state index contributed by atoms with van der Waals surface area (Å²) in [5, 5.41) is 4.13. The van der Waals surface area contributed by atoms with Crippen molar-refractivity contribution in [3.05, 3.63) is 40.8 Å². The molecule has 0 bridgehead atoms. The van der Waals surface area contributed by atoms with Crippen molar-refractivity contribution in [2.75, 3.05) is 13.7 Å². The first kappa shape index (κ1) is 17.8. The van der Waals surface area contributed by atoms with Crippen molar-refractivity contribution in [2.45, 2.75) is 59.2 Å². The number of aryl methyl sites for hydroxylation is 2. The van der Waals surface area contributed by atoms with Crippen molar-refractivity contribution in [2.24, 2.45) is 0 Å². The van der Waals surface area contributed by atoms with E-state index in [0.29, 0.717) is 6.04 Å². The van der Waals surface area contributed by atoms with Gasteiger partial charge in [0, 0.05) is 18.2 Å². The predicted octanol–water partition coefficient (Wildman–Crippen LogP) is 4.42. The van der Waals surface area contributed by atoms with Crippen LogP contribution in [0.2, 0.25) is 0 Å². The molecule has 0 unspecified atom stereocenters. The number of hydrogen-bond donors (Lipinski definition) is 0. The Bertz CT molecular complexity index is 704. The van der Waals surface area contributed by atoms with Crippen LogP contribution in [0.25, 0.3) is 0 Å². The van der Waals surface area contributed by atoms with Crippen LogP contribution >= 0.6 is 0 Å². The van der Waals surface area contributed by atoms with Gasteiger partial charge in [-0.1, -0.05) is 11.2 Å². The molecule has 25 heavy (non-hydrogen) atoms. The molecule has 3 rings (SSSR count). The molecule has 0 amide bonds. The fourth-order valence-corrected chi connectivity index (χ4v) is 3.70. The lowest BCUT2D eigenvalue weighted by Gasteiger charge is -2.25. The normalized spacial score (nSPS) is 18.1. The zero-order valence-corrected chi connectivity index (χ0v) is 15.8. The standard InChI is InChI=1S/C20H28N2O3/c1-13(2)24-18-9-8-16(11-19(18)23-5)12-22-10-6-7-17(22)20-14(3)21-25-15(20)4/h8-9,11,13,17H,6-7,10,12H2,1-5H3/t17-/m1/s1. The molecule has 1 fully saturated rings. The van der Waals surface area contributed by atoms with Gasteiger partial charge in [0.1, 0.15) is 5.76 Å². The van der Waals surface area contributed by atoms with Crippen molar-refractivity contribution in [1.82, 2.24) is 10.1 Å². The Hall–Kier alpha value is -2.01. The molecule has 2 heterocycles. The Balaban J connectivity index is 1.79. The Labute approximate surface area is 149 Å². The van der Waals surface area contributed by atoms with E-state index in [-0.39, 0.29) is 6.10 Å². The van der Waals surface area contributed by atoms with Gasteiger partial charge in [0.05, 0.1) is 18.9 Å². The van der Waals surface area contributed by atoms with E-state index in [4.69, 9.17) is 14.0 Å². The second kappa shape index (κ2) is 7.48.